The highest BCUT2D eigenvalue weighted by atomic mass is 19.1. The monoisotopic (exact) mass is 240 g/mol. The van der Waals surface area contributed by atoms with Crippen LogP contribution in [-0.2, 0) is 6.42 Å². The van der Waals surface area contributed by atoms with E-state index in [9.17, 15) is 9.18 Å². The Morgan fingerprint density at radius 2 is 1.78 bits per heavy atom. The average molecular weight is 240 g/mol. The van der Waals surface area contributed by atoms with E-state index in [0.29, 0.717) is 6.42 Å². The third kappa shape index (κ3) is 1.94. The quantitative estimate of drug-likeness (QED) is 0.781. The van der Waals surface area contributed by atoms with Crippen molar-refractivity contribution in [2.75, 3.05) is 0 Å². The second-order valence-corrected chi connectivity index (χ2v) is 4.74. The summed E-state index contributed by atoms with van der Waals surface area (Å²) in [6.45, 7) is 0. The van der Waals surface area contributed by atoms with Gasteiger partial charge in [-0.05, 0) is 35.6 Å². The molecule has 0 saturated heterocycles. The molecular weight excluding hydrogens is 227 g/mol. The van der Waals surface area contributed by atoms with Crippen molar-refractivity contribution in [1.29, 1.82) is 0 Å². The van der Waals surface area contributed by atoms with Crippen molar-refractivity contribution in [2.24, 2.45) is 0 Å². The second kappa shape index (κ2) is 4.37. The molecule has 0 fully saturated rings. The van der Waals surface area contributed by atoms with E-state index in [1.807, 2.05) is 24.3 Å². The van der Waals surface area contributed by atoms with Crippen LogP contribution in [0.1, 0.15) is 33.8 Å². The average Bonchev–Trinajstić information content (AvgIpc) is 2.70. The number of benzene rings is 2. The summed E-state index contributed by atoms with van der Waals surface area (Å²) in [5, 5.41) is 0. The third-order valence-corrected chi connectivity index (χ3v) is 3.53. The molecule has 2 aromatic rings. The minimum atomic E-state index is -0.221. The molecule has 0 saturated carbocycles. The number of fused-ring (bicyclic) bond motifs is 1. The van der Waals surface area contributed by atoms with Gasteiger partial charge in [0.2, 0.25) is 0 Å². The van der Waals surface area contributed by atoms with Crippen LogP contribution in [0.15, 0.2) is 48.5 Å². The van der Waals surface area contributed by atoms with Crippen LogP contribution in [0.5, 0.6) is 0 Å². The van der Waals surface area contributed by atoms with Crippen LogP contribution in [0, 0.1) is 5.82 Å². The van der Waals surface area contributed by atoms with Gasteiger partial charge in [-0.2, -0.15) is 0 Å². The van der Waals surface area contributed by atoms with Crippen molar-refractivity contribution in [3.63, 3.8) is 0 Å². The Bertz CT molecular complexity index is 586. The van der Waals surface area contributed by atoms with Gasteiger partial charge in [-0.25, -0.2) is 4.39 Å². The maximum absolute atomic E-state index is 12.8. The van der Waals surface area contributed by atoms with E-state index < -0.39 is 0 Å². The number of Topliss-reactive ketones (excluding diaryl/α,β-unsaturated/α-hetero) is 1. The van der Waals surface area contributed by atoms with Crippen molar-refractivity contribution in [2.45, 2.75) is 18.8 Å². The van der Waals surface area contributed by atoms with E-state index in [0.717, 1.165) is 23.1 Å². The van der Waals surface area contributed by atoms with Crippen LogP contribution in [-0.4, -0.2) is 5.78 Å². The van der Waals surface area contributed by atoms with Gasteiger partial charge in [0, 0.05) is 12.0 Å². The van der Waals surface area contributed by atoms with Crippen molar-refractivity contribution >= 4 is 5.78 Å². The van der Waals surface area contributed by atoms with Crippen LogP contribution in [0.25, 0.3) is 0 Å². The van der Waals surface area contributed by atoms with E-state index in [4.69, 9.17) is 0 Å². The summed E-state index contributed by atoms with van der Waals surface area (Å²) < 4.78 is 12.8. The first-order chi connectivity index (χ1) is 8.74. The third-order valence-electron chi connectivity index (χ3n) is 3.53. The van der Waals surface area contributed by atoms with Gasteiger partial charge in [0.05, 0.1) is 0 Å². The standard InChI is InChI=1S/C16H13FO/c17-13-7-5-11(6-8-13)9-12-10-16(18)15-4-2-1-3-14(12)15/h1-8,12H,9-10H2. The maximum Gasteiger partial charge on any atom is 0.163 e. The zero-order valence-electron chi connectivity index (χ0n) is 9.90. The Morgan fingerprint density at radius 1 is 1.06 bits per heavy atom. The zero-order chi connectivity index (χ0) is 12.5. The van der Waals surface area contributed by atoms with Gasteiger partial charge in [0.15, 0.2) is 5.78 Å². The van der Waals surface area contributed by atoms with Crippen molar-refractivity contribution in [3.8, 4) is 0 Å². The minimum Gasteiger partial charge on any atom is -0.294 e. The molecule has 2 heteroatoms. The van der Waals surface area contributed by atoms with Crippen LogP contribution in [0.4, 0.5) is 4.39 Å². The number of halogens is 1. The summed E-state index contributed by atoms with van der Waals surface area (Å²) in [6.07, 6.45) is 1.36. The fourth-order valence-corrected chi connectivity index (χ4v) is 2.64. The summed E-state index contributed by atoms with van der Waals surface area (Å²) in [4.78, 5) is 11.9. The summed E-state index contributed by atoms with van der Waals surface area (Å²) >= 11 is 0. The molecule has 1 unspecified atom stereocenters. The largest absolute Gasteiger partial charge is 0.294 e. The number of hydrogen-bond donors (Lipinski definition) is 0. The normalized spacial score (nSPS) is 17.8. The summed E-state index contributed by atoms with van der Waals surface area (Å²) in [7, 11) is 0. The number of rotatable bonds is 2. The highest BCUT2D eigenvalue weighted by Gasteiger charge is 2.28. The van der Waals surface area contributed by atoms with Crippen molar-refractivity contribution < 1.29 is 9.18 Å². The number of hydrogen-bond acceptors (Lipinski definition) is 1. The molecule has 0 aromatic heterocycles. The van der Waals surface area contributed by atoms with E-state index in [-0.39, 0.29) is 17.5 Å². The second-order valence-electron chi connectivity index (χ2n) is 4.74. The maximum atomic E-state index is 12.8. The lowest BCUT2D eigenvalue weighted by molar-refractivity contribution is 0.0989. The van der Waals surface area contributed by atoms with Crippen LogP contribution in [0.2, 0.25) is 0 Å². The highest BCUT2D eigenvalue weighted by molar-refractivity contribution is 6.01. The Morgan fingerprint density at radius 3 is 2.56 bits per heavy atom. The Hall–Kier alpha value is -1.96. The lowest BCUT2D eigenvalue weighted by Gasteiger charge is -2.10. The molecule has 90 valence electrons. The summed E-state index contributed by atoms with van der Waals surface area (Å²) in [5.74, 6) is 0.235. The Balaban J connectivity index is 1.87. The number of ketones is 1. The van der Waals surface area contributed by atoms with Crippen LogP contribution in [0.3, 0.4) is 0 Å². The van der Waals surface area contributed by atoms with E-state index in [1.165, 1.54) is 12.1 Å². The lowest BCUT2D eigenvalue weighted by atomic mass is 9.94. The molecule has 18 heavy (non-hydrogen) atoms. The Kier molecular flexibility index (Phi) is 2.71. The molecule has 2 aromatic carbocycles. The van der Waals surface area contributed by atoms with Gasteiger partial charge < -0.3 is 0 Å². The molecule has 1 aliphatic rings. The van der Waals surface area contributed by atoms with Gasteiger partial charge >= 0.3 is 0 Å². The molecule has 1 aliphatic carbocycles. The van der Waals surface area contributed by atoms with Crippen molar-refractivity contribution in [1.82, 2.24) is 0 Å². The van der Waals surface area contributed by atoms with Crippen molar-refractivity contribution in [3.05, 3.63) is 71.0 Å². The molecule has 0 spiro atoms. The zero-order valence-corrected chi connectivity index (χ0v) is 9.90. The molecular formula is C16H13FO. The molecule has 0 heterocycles. The number of carbonyl (C=O) groups excluding carboxylic acids is 1. The van der Waals surface area contributed by atoms with Gasteiger partial charge in [0.25, 0.3) is 0 Å². The molecule has 3 rings (SSSR count). The number of carbonyl (C=O) groups is 1. The minimum absolute atomic E-state index is 0.220. The van der Waals surface area contributed by atoms with E-state index in [1.54, 1.807) is 12.1 Å². The predicted molar refractivity (Wildman–Crippen MR) is 68.2 cm³/mol. The first-order valence-electron chi connectivity index (χ1n) is 6.10. The molecule has 0 bridgehead atoms. The molecule has 0 amide bonds. The fraction of sp³-hybridized carbons (Fsp3) is 0.188. The van der Waals surface area contributed by atoms with Gasteiger partial charge in [0.1, 0.15) is 5.82 Å². The highest BCUT2D eigenvalue weighted by Crippen LogP contribution is 2.35. The van der Waals surface area contributed by atoms with E-state index >= 15 is 0 Å². The van der Waals surface area contributed by atoms with Crippen LogP contribution >= 0.6 is 0 Å². The van der Waals surface area contributed by atoms with Gasteiger partial charge in [-0.3, -0.25) is 4.79 Å². The van der Waals surface area contributed by atoms with Gasteiger partial charge in [-0.1, -0.05) is 36.4 Å². The molecule has 1 atom stereocenters. The molecule has 0 radical (unpaired) electrons. The smallest absolute Gasteiger partial charge is 0.163 e. The lowest BCUT2D eigenvalue weighted by Crippen LogP contribution is -1.99. The first-order valence-corrected chi connectivity index (χ1v) is 6.10. The first kappa shape index (κ1) is 11.1. The Labute approximate surface area is 105 Å². The molecule has 1 nitrogen and oxygen atoms in total. The fourth-order valence-electron chi connectivity index (χ4n) is 2.64. The summed E-state index contributed by atoms with van der Waals surface area (Å²) in [5.41, 5.74) is 3.06. The predicted octanol–water partition coefficient (Wildman–Crippen LogP) is 3.74. The van der Waals surface area contributed by atoms with Gasteiger partial charge in [-0.15, -0.1) is 0 Å². The van der Waals surface area contributed by atoms with E-state index in [2.05, 4.69) is 0 Å². The SMILES string of the molecule is O=C1CC(Cc2ccc(F)cc2)c2ccccc21. The summed E-state index contributed by atoms with van der Waals surface area (Å²) in [6, 6.07) is 14.3. The topological polar surface area (TPSA) is 17.1 Å². The van der Waals surface area contributed by atoms with Crippen LogP contribution < -0.4 is 0 Å². The molecule has 0 aliphatic heterocycles. The molecule has 0 N–H and O–H groups in total.